The number of nitrogens with one attached hydrogen (secondary N) is 2. The molecule has 28 heavy (non-hydrogen) atoms. The van der Waals surface area contributed by atoms with Crippen LogP contribution < -0.4 is 10.6 Å². The van der Waals surface area contributed by atoms with Gasteiger partial charge >= 0.3 is 5.97 Å². The number of amidine groups is 1. The van der Waals surface area contributed by atoms with E-state index in [0.717, 1.165) is 11.8 Å². The molecule has 10 heteroatoms. The maximum absolute atomic E-state index is 12.2. The van der Waals surface area contributed by atoms with E-state index in [1.165, 1.54) is 0 Å². The summed E-state index contributed by atoms with van der Waals surface area (Å²) in [6, 6.07) is 8.00. The van der Waals surface area contributed by atoms with Gasteiger partial charge in [-0.3, -0.25) is 9.59 Å². The van der Waals surface area contributed by atoms with Crippen molar-refractivity contribution in [3.63, 3.8) is 0 Å². The fraction of sp³-hybridized carbons (Fsp3) is 0.222. The monoisotopic (exact) mass is 399 g/mol. The third-order valence-electron chi connectivity index (χ3n) is 3.58. The van der Waals surface area contributed by atoms with Gasteiger partial charge in [0.1, 0.15) is 5.25 Å². The zero-order chi connectivity index (χ0) is 19.9. The first kappa shape index (κ1) is 19.5. The Hall–Kier alpha value is -3.27. The highest BCUT2D eigenvalue weighted by atomic mass is 32.2. The third-order valence-corrected chi connectivity index (χ3v) is 4.66. The average molecular weight is 399 g/mol. The van der Waals surface area contributed by atoms with Crippen molar-refractivity contribution in [3.8, 4) is 0 Å². The molecule has 1 fully saturated rings. The number of aliphatic imine (C=N–C) groups is 1. The first-order valence-corrected chi connectivity index (χ1v) is 9.33. The van der Waals surface area contributed by atoms with Crippen LogP contribution in [-0.2, 0) is 14.3 Å². The zero-order valence-corrected chi connectivity index (χ0v) is 15.7. The number of amides is 2. The van der Waals surface area contributed by atoms with Gasteiger partial charge in [-0.05, 0) is 37.3 Å². The van der Waals surface area contributed by atoms with Gasteiger partial charge in [-0.25, -0.2) is 14.8 Å². The second-order valence-electron chi connectivity index (χ2n) is 5.61. The van der Waals surface area contributed by atoms with Crippen LogP contribution in [0.4, 0.5) is 11.6 Å². The molecule has 0 saturated carbocycles. The van der Waals surface area contributed by atoms with Crippen molar-refractivity contribution in [2.24, 2.45) is 4.99 Å². The van der Waals surface area contributed by atoms with Crippen LogP contribution in [0.25, 0.3) is 0 Å². The minimum Gasteiger partial charge on any atom is -0.462 e. The van der Waals surface area contributed by atoms with Gasteiger partial charge in [-0.15, -0.1) is 0 Å². The number of rotatable bonds is 6. The molecule has 2 amide bonds. The van der Waals surface area contributed by atoms with Crippen molar-refractivity contribution in [1.82, 2.24) is 15.3 Å². The highest BCUT2D eigenvalue weighted by Gasteiger charge is 2.32. The van der Waals surface area contributed by atoms with Crippen molar-refractivity contribution in [2.75, 3.05) is 11.9 Å². The first-order chi connectivity index (χ1) is 13.5. The molecular formula is C18H17N5O4S. The molecule has 2 aromatic rings. The molecule has 1 aromatic carbocycles. The molecule has 1 aliphatic heterocycles. The molecule has 1 unspecified atom stereocenters. The second kappa shape index (κ2) is 9.09. The highest BCUT2D eigenvalue weighted by Crippen LogP contribution is 2.24. The predicted octanol–water partition coefficient (Wildman–Crippen LogP) is 1.90. The van der Waals surface area contributed by atoms with E-state index in [4.69, 9.17) is 4.74 Å². The van der Waals surface area contributed by atoms with Gasteiger partial charge in [0.05, 0.1) is 12.2 Å². The van der Waals surface area contributed by atoms with E-state index in [0.29, 0.717) is 23.0 Å². The van der Waals surface area contributed by atoms with E-state index < -0.39 is 11.2 Å². The fourth-order valence-corrected chi connectivity index (χ4v) is 3.28. The van der Waals surface area contributed by atoms with Crippen LogP contribution in [0.3, 0.4) is 0 Å². The summed E-state index contributed by atoms with van der Waals surface area (Å²) in [4.78, 5) is 48.0. The summed E-state index contributed by atoms with van der Waals surface area (Å²) in [7, 11) is 0. The number of aromatic nitrogens is 2. The number of nitrogens with zero attached hydrogens (tertiary/aromatic N) is 3. The van der Waals surface area contributed by atoms with Gasteiger partial charge in [0.25, 0.3) is 5.95 Å². The molecule has 0 spiro atoms. The first-order valence-electron chi connectivity index (χ1n) is 8.45. The smallest absolute Gasteiger partial charge is 0.338 e. The summed E-state index contributed by atoms with van der Waals surface area (Å²) < 4.78 is 4.91. The molecule has 0 aliphatic carbocycles. The Morgan fingerprint density at radius 3 is 2.64 bits per heavy atom. The van der Waals surface area contributed by atoms with Crippen molar-refractivity contribution in [3.05, 3.63) is 48.3 Å². The summed E-state index contributed by atoms with van der Waals surface area (Å²) in [5.74, 6) is -0.813. The van der Waals surface area contributed by atoms with E-state index >= 15 is 0 Å². The number of carbonyl (C=O) groups is 3. The number of hydrogen-bond donors (Lipinski definition) is 2. The summed E-state index contributed by atoms with van der Waals surface area (Å²) >= 11 is 1.15. The number of esters is 1. The van der Waals surface area contributed by atoms with E-state index in [1.54, 1.807) is 49.6 Å². The number of carbonyl (C=O) groups excluding carboxylic acids is 3. The molecule has 1 aliphatic rings. The SMILES string of the molecule is CCOC(=O)c1ccc(NC(=O)CC2S/C(=N\c3ncccn3)NC2=O)cc1. The lowest BCUT2D eigenvalue weighted by atomic mass is 10.2. The normalized spacial score (nSPS) is 17.2. The van der Waals surface area contributed by atoms with E-state index in [2.05, 4.69) is 25.6 Å². The molecule has 1 saturated heterocycles. The van der Waals surface area contributed by atoms with Gasteiger partial charge in [0, 0.05) is 24.5 Å². The molecular weight excluding hydrogens is 382 g/mol. The molecule has 0 radical (unpaired) electrons. The van der Waals surface area contributed by atoms with Crippen LogP contribution in [0.15, 0.2) is 47.7 Å². The van der Waals surface area contributed by atoms with E-state index in [9.17, 15) is 14.4 Å². The Bertz CT molecular complexity index is 902. The maximum atomic E-state index is 12.2. The minimum atomic E-state index is -0.596. The van der Waals surface area contributed by atoms with Crippen LogP contribution in [0.5, 0.6) is 0 Å². The van der Waals surface area contributed by atoms with Crippen LogP contribution in [0.2, 0.25) is 0 Å². The molecule has 2 N–H and O–H groups in total. The second-order valence-corrected chi connectivity index (χ2v) is 6.80. The van der Waals surface area contributed by atoms with Crippen molar-refractivity contribution >= 4 is 46.3 Å². The van der Waals surface area contributed by atoms with Crippen molar-refractivity contribution in [2.45, 2.75) is 18.6 Å². The van der Waals surface area contributed by atoms with Crippen LogP contribution in [0, 0.1) is 0 Å². The van der Waals surface area contributed by atoms with E-state index in [-0.39, 0.29) is 24.2 Å². The van der Waals surface area contributed by atoms with Crippen molar-refractivity contribution < 1.29 is 19.1 Å². The molecule has 2 heterocycles. The maximum Gasteiger partial charge on any atom is 0.338 e. The summed E-state index contributed by atoms with van der Waals surface area (Å²) in [5.41, 5.74) is 0.919. The summed E-state index contributed by atoms with van der Waals surface area (Å²) in [6.07, 6.45) is 3.07. The molecule has 1 atom stereocenters. The molecule has 9 nitrogen and oxygen atoms in total. The van der Waals surface area contributed by atoms with Crippen molar-refractivity contribution in [1.29, 1.82) is 0 Å². The number of anilines is 1. The Kier molecular flexibility index (Phi) is 6.33. The molecule has 3 rings (SSSR count). The van der Waals surface area contributed by atoms with E-state index in [1.807, 2.05) is 0 Å². The lowest BCUT2D eigenvalue weighted by molar-refractivity contribution is -0.122. The number of benzene rings is 1. The topological polar surface area (TPSA) is 123 Å². The van der Waals surface area contributed by atoms with Gasteiger partial charge < -0.3 is 15.4 Å². The quantitative estimate of drug-likeness (QED) is 0.711. The lowest BCUT2D eigenvalue weighted by Crippen LogP contribution is -2.28. The summed E-state index contributed by atoms with van der Waals surface area (Å²) in [6.45, 7) is 2.02. The van der Waals surface area contributed by atoms with Gasteiger partial charge in [0.2, 0.25) is 11.8 Å². The van der Waals surface area contributed by atoms with Gasteiger partial charge in [0.15, 0.2) is 5.17 Å². The zero-order valence-electron chi connectivity index (χ0n) is 14.9. The molecule has 0 bridgehead atoms. The van der Waals surface area contributed by atoms with Crippen LogP contribution in [-0.4, -0.2) is 44.8 Å². The molecule has 1 aromatic heterocycles. The largest absolute Gasteiger partial charge is 0.462 e. The Morgan fingerprint density at radius 2 is 1.96 bits per heavy atom. The van der Waals surface area contributed by atoms with Crippen LogP contribution >= 0.6 is 11.8 Å². The molecule has 144 valence electrons. The third kappa shape index (κ3) is 5.13. The highest BCUT2D eigenvalue weighted by molar-refractivity contribution is 8.15. The average Bonchev–Trinajstić information content (AvgIpc) is 3.02. The Balaban J connectivity index is 1.55. The number of hydrogen-bond acceptors (Lipinski definition) is 8. The number of thioether (sulfide) groups is 1. The standard InChI is InChI=1S/C18H17N5O4S/c1-2-27-16(26)11-4-6-12(7-5-11)21-14(24)10-13-15(25)22-18(28-13)23-17-19-8-3-9-20-17/h3-9,13H,2,10H2,1H3,(H,21,24)(H,19,20,22,23,25). The van der Waals surface area contributed by atoms with Crippen LogP contribution in [0.1, 0.15) is 23.7 Å². The van der Waals surface area contributed by atoms with Gasteiger partial charge in [-0.1, -0.05) is 11.8 Å². The predicted molar refractivity (Wildman–Crippen MR) is 104 cm³/mol. The minimum absolute atomic E-state index is 0.0230. The summed E-state index contributed by atoms with van der Waals surface area (Å²) in [5, 5.41) is 5.08. The van der Waals surface area contributed by atoms with Gasteiger partial charge in [-0.2, -0.15) is 4.99 Å². The fourth-order valence-electron chi connectivity index (χ4n) is 2.32. The number of ether oxygens (including phenoxy) is 1. The lowest BCUT2D eigenvalue weighted by Gasteiger charge is -2.08. The Morgan fingerprint density at radius 1 is 1.25 bits per heavy atom. The Labute approximate surface area is 165 Å².